The summed E-state index contributed by atoms with van der Waals surface area (Å²) in [6, 6.07) is 3.74. The van der Waals surface area contributed by atoms with Crippen LogP contribution in [0.25, 0.3) is 0 Å². The Morgan fingerprint density at radius 3 is 2.46 bits per heavy atom. The molecule has 0 heterocycles. The van der Waals surface area contributed by atoms with Crippen molar-refractivity contribution in [3.63, 3.8) is 0 Å². The average molecular weight is 243 g/mol. The number of methoxy groups -OCH3 is 1. The second-order valence-electron chi connectivity index (χ2n) is 2.91. The second-order valence-corrected chi connectivity index (χ2v) is 3.76. The van der Waals surface area contributed by atoms with Gasteiger partial charge in [0.1, 0.15) is 0 Å². The van der Waals surface area contributed by atoms with E-state index in [1.165, 1.54) is 7.11 Å². The minimum atomic E-state index is -0.293. The van der Waals surface area contributed by atoms with Gasteiger partial charge in [-0.1, -0.05) is 22.0 Å². The highest BCUT2D eigenvalue weighted by Crippen LogP contribution is 2.21. The first-order chi connectivity index (χ1) is 6.06. The zero-order chi connectivity index (χ0) is 10.0. The number of hydrogen-bond donors (Lipinski definition) is 0. The van der Waals surface area contributed by atoms with Gasteiger partial charge in [0.25, 0.3) is 0 Å². The number of ether oxygens (including phenoxy) is 1. The molecule has 2 nitrogen and oxygen atoms in total. The van der Waals surface area contributed by atoms with Crippen LogP contribution in [0.2, 0.25) is 0 Å². The lowest BCUT2D eigenvalue weighted by molar-refractivity contribution is 0.0600. The van der Waals surface area contributed by atoms with Crippen LogP contribution < -0.4 is 0 Å². The Bertz CT molecular complexity index is 345. The summed E-state index contributed by atoms with van der Waals surface area (Å²) in [6.45, 7) is 3.88. The molecule has 0 aliphatic heterocycles. The normalized spacial score (nSPS) is 9.85. The molecule has 0 aromatic heterocycles. The topological polar surface area (TPSA) is 26.3 Å². The highest BCUT2D eigenvalue weighted by atomic mass is 79.9. The summed E-state index contributed by atoms with van der Waals surface area (Å²) < 4.78 is 5.58. The molecule has 0 spiro atoms. The fourth-order valence-electron chi connectivity index (χ4n) is 1.16. The second kappa shape index (κ2) is 3.92. The third kappa shape index (κ3) is 2.10. The first-order valence-corrected chi connectivity index (χ1v) is 4.70. The Morgan fingerprint density at radius 1 is 1.31 bits per heavy atom. The highest BCUT2D eigenvalue weighted by molar-refractivity contribution is 9.10. The molecule has 0 bridgehead atoms. The number of esters is 1. The van der Waals surface area contributed by atoms with Crippen LogP contribution in [0, 0.1) is 13.8 Å². The molecular weight excluding hydrogens is 232 g/mol. The van der Waals surface area contributed by atoms with E-state index in [0.29, 0.717) is 5.56 Å². The Kier molecular flexibility index (Phi) is 3.09. The molecule has 0 N–H and O–H groups in total. The van der Waals surface area contributed by atoms with Crippen LogP contribution in [0.4, 0.5) is 0 Å². The molecule has 0 unspecified atom stereocenters. The lowest BCUT2D eigenvalue weighted by Gasteiger charge is -2.06. The monoisotopic (exact) mass is 242 g/mol. The summed E-state index contributed by atoms with van der Waals surface area (Å²) in [5.41, 5.74) is 2.66. The number of aryl methyl sites for hydroxylation is 2. The molecule has 0 saturated carbocycles. The van der Waals surface area contributed by atoms with Crippen molar-refractivity contribution in [3.05, 3.63) is 33.3 Å². The smallest absolute Gasteiger partial charge is 0.338 e. The van der Waals surface area contributed by atoms with Crippen LogP contribution in [0.15, 0.2) is 16.6 Å². The van der Waals surface area contributed by atoms with Crippen molar-refractivity contribution in [1.29, 1.82) is 0 Å². The van der Waals surface area contributed by atoms with Crippen molar-refractivity contribution in [3.8, 4) is 0 Å². The summed E-state index contributed by atoms with van der Waals surface area (Å²) >= 11 is 3.37. The van der Waals surface area contributed by atoms with Crippen molar-refractivity contribution < 1.29 is 9.53 Å². The van der Waals surface area contributed by atoms with E-state index in [4.69, 9.17) is 0 Å². The molecule has 70 valence electrons. The zero-order valence-corrected chi connectivity index (χ0v) is 9.44. The molecule has 0 aliphatic carbocycles. The number of rotatable bonds is 1. The van der Waals surface area contributed by atoms with Gasteiger partial charge in [-0.05, 0) is 31.0 Å². The highest BCUT2D eigenvalue weighted by Gasteiger charge is 2.10. The van der Waals surface area contributed by atoms with Gasteiger partial charge < -0.3 is 4.74 Å². The van der Waals surface area contributed by atoms with E-state index in [-0.39, 0.29) is 5.97 Å². The van der Waals surface area contributed by atoms with Gasteiger partial charge in [-0.3, -0.25) is 0 Å². The van der Waals surface area contributed by atoms with Gasteiger partial charge in [0.15, 0.2) is 0 Å². The van der Waals surface area contributed by atoms with Gasteiger partial charge in [0.2, 0.25) is 0 Å². The number of carbonyl (C=O) groups is 1. The van der Waals surface area contributed by atoms with E-state index >= 15 is 0 Å². The van der Waals surface area contributed by atoms with Gasteiger partial charge in [0.05, 0.1) is 12.7 Å². The lowest BCUT2D eigenvalue weighted by atomic mass is 10.1. The quantitative estimate of drug-likeness (QED) is 0.709. The minimum absolute atomic E-state index is 0.293. The standard InChI is InChI=1S/C10H11BrO2/c1-6-4-7(2)9(11)5-8(6)10(12)13-3/h4-5H,1-3H3. The van der Waals surface area contributed by atoms with Gasteiger partial charge in [-0.25, -0.2) is 4.79 Å². The minimum Gasteiger partial charge on any atom is -0.465 e. The first kappa shape index (κ1) is 10.3. The fourth-order valence-corrected chi connectivity index (χ4v) is 1.50. The predicted molar refractivity (Wildman–Crippen MR) is 55.0 cm³/mol. The van der Waals surface area contributed by atoms with Crippen LogP contribution in [0.1, 0.15) is 21.5 Å². The average Bonchev–Trinajstić information content (AvgIpc) is 2.10. The van der Waals surface area contributed by atoms with Gasteiger partial charge in [0, 0.05) is 4.47 Å². The molecule has 1 rings (SSSR count). The third-order valence-electron chi connectivity index (χ3n) is 1.91. The maximum Gasteiger partial charge on any atom is 0.338 e. The van der Waals surface area contributed by atoms with Crippen molar-refractivity contribution >= 4 is 21.9 Å². The van der Waals surface area contributed by atoms with E-state index in [0.717, 1.165) is 15.6 Å². The Morgan fingerprint density at radius 2 is 1.92 bits per heavy atom. The Balaban J connectivity index is 3.23. The van der Waals surface area contributed by atoms with Crippen molar-refractivity contribution in [2.75, 3.05) is 7.11 Å². The van der Waals surface area contributed by atoms with E-state index in [2.05, 4.69) is 20.7 Å². The maximum atomic E-state index is 11.3. The third-order valence-corrected chi connectivity index (χ3v) is 2.77. The van der Waals surface area contributed by atoms with Crippen molar-refractivity contribution in [1.82, 2.24) is 0 Å². The SMILES string of the molecule is COC(=O)c1cc(Br)c(C)cc1C. The molecule has 3 heteroatoms. The molecule has 0 atom stereocenters. The fraction of sp³-hybridized carbons (Fsp3) is 0.300. The van der Waals surface area contributed by atoms with Crippen molar-refractivity contribution in [2.24, 2.45) is 0 Å². The number of halogens is 1. The van der Waals surface area contributed by atoms with E-state index in [1.54, 1.807) is 6.07 Å². The molecule has 0 amide bonds. The van der Waals surface area contributed by atoms with Crippen LogP contribution in [0.5, 0.6) is 0 Å². The molecule has 13 heavy (non-hydrogen) atoms. The summed E-state index contributed by atoms with van der Waals surface area (Å²) in [7, 11) is 1.38. The maximum absolute atomic E-state index is 11.3. The van der Waals surface area contributed by atoms with Gasteiger partial charge in [-0.2, -0.15) is 0 Å². The van der Waals surface area contributed by atoms with Crippen LogP contribution >= 0.6 is 15.9 Å². The summed E-state index contributed by atoms with van der Waals surface area (Å²) in [4.78, 5) is 11.3. The number of carbonyl (C=O) groups excluding carboxylic acids is 1. The van der Waals surface area contributed by atoms with E-state index in [1.807, 2.05) is 19.9 Å². The summed E-state index contributed by atoms with van der Waals surface area (Å²) in [5, 5.41) is 0. The van der Waals surface area contributed by atoms with Crippen LogP contribution in [-0.4, -0.2) is 13.1 Å². The van der Waals surface area contributed by atoms with Crippen molar-refractivity contribution in [2.45, 2.75) is 13.8 Å². The first-order valence-electron chi connectivity index (χ1n) is 3.91. The largest absolute Gasteiger partial charge is 0.465 e. The lowest BCUT2D eigenvalue weighted by Crippen LogP contribution is -2.04. The summed E-state index contributed by atoms with van der Waals surface area (Å²) in [6.07, 6.45) is 0. The number of hydrogen-bond acceptors (Lipinski definition) is 2. The van der Waals surface area contributed by atoms with E-state index in [9.17, 15) is 4.79 Å². The molecule has 0 saturated heterocycles. The van der Waals surface area contributed by atoms with Gasteiger partial charge >= 0.3 is 5.97 Å². The molecular formula is C10H11BrO2. The molecule has 1 aromatic rings. The molecule has 0 radical (unpaired) electrons. The van der Waals surface area contributed by atoms with Crippen LogP contribution in [0.3, 0.4) is 0 Å². The summed E-state index contributed by atoms with van der Waals surface area (Å²) in [5.74, 6) is -0.293. The molecule has 0 fully saturated rings. The van der Waals surface area contributed by atoms with Crippen LogP contribution in [-0.2, 0) is 4.74 Å². The zero-order valence-electron chi connectivity index (χ0n) is 7.85. The molecule has 0 aliphatic rings. The van der Waals surface area contributed by atoms with E-state index < -0.39 is 0 Å². The number of benzene rings is 1. The molecule has 1 aromatic carbocycles. The Labute approximate surface area is 86.0 Å². The predicted octanol–water partition coefficient (Wildman–Crippen LogP) is 2.85. The Hall–Kier alpha value is -0.830. The van der Waals surface area contributed by atoms with Gasteiger partial charge in [-0.15, -0.1) is 0 Å².